The van der Waals surface area contributed by atoms with Crippen molar-refractivity contribution in [3.05, 3.63) is 84.3 Å². The zero-order chi connectivity index (χ0) is 35.9. The number of amides is 2. The lowest BCUT2D eigenvalue weighted by Crippen LogP contribution is -2.34. The number of carbonyl (C=O) groups is 2. The van der Waals surface area contributed by atoms with E-state index in [1.54, 1.807) is 81.6 Å². The van der Waals surface area contributed by atoms with Crippen molar-refractivity contribution in [1.29, 1.82) is 0 Å². The van der Waals surface area contributed by atoms with Crippen LogP contribution in [0.3, 0.4) is 0 Å². The number of hydrogen-bond donors (Lipinski definition) is 3. The highest BCUT2D eigenvalue weighted by atomic mass is 32.2. The molecule has 0 fully saturated rings. The van der Waals surface area contributed by atoms with E-state index in [2.05, 4.69) is 33.0 Å². The fourth-order valence-electron chi connectivity index (χ4n) is 4.94. The smallest absolute Gasteiger partial charge is 0.407 e. The minimum Gasteiger partial charge on any atom is -0.444 e. The van der Waals surface area contributed by atoms with Crippen LogP contribution in [0, 0.1) is 6.92 Å². The Labute approximate surface area is 291 Å². The van der Waals surface area contributed by atoms with Crippen molar-refractivity contribution in [2.24, 2.45) is 0 Å². The van der Waals surface area contributed by atoms with Gasteiger partial charge in [-0.25, -0.2) is 22.2 Å². The molecule has 0 atom stereocenters. The van der Waals surface area contributed by atoms with Crippen molar-refractivity contribution in [2.45, 2.75) is 58.1 Å². The third-order valence-corrected chi connectivity index (χ3v) is 8.98. The van der Waals surface area contributed by atoms with Gasteiger partial charge in [0.25, 0.3) is 15.9 Å². The van der Waals surface area contributed by atoms with Crippen LogP contribution in [-0.4, -0.2) is 76.0 Å². The highest BCUT2D eigenvalue weighted by Gasteiger charge is 2.23. The minimum atomic E-state index is -3.97. The quantitative estimate of drug-likeness (QED) is 0.130. The molecule has 5 rings (SSSR count). The second kappa shape index (κ2) is 15.5. The van der Waals surface area contributed by atoms with Gasteiger partial charge in [0.05, 0.1) is 30.0 Å². The number of nitrogens with one attached hydrogen (secondary N) is 3. The van der Waals surface area contributed by atoms with E-state index in [0.29, 0.717) is 22.3 Å². The standard InChI is InChI=1S/C35H42N8O6S/c1-6-18-42-23-26(22-38-42)30-29-15-19-43(50(46,47)28-13-7-24(2)8-14-28)31(29)41-33(40-30)39-27-11-9-25(10-12-27)32(44)36-16-20-48-21-17-37-34(45)49-35(3,4)5/h7-15,19,22-23H,6,16-18,20-21H2,1-5H3,(H,36,44)(H,37,45)(H,39,40,41). The molecule has 3 N–H and O–H groups in total. The van der Waals surface area contributed by atoms with Gasteiger partial charge in [0.2, 0.25) is 5.95 Å². The Hall–Kier alpha value is -5.28. The molecule has 2 amide bonds. The van der Waals surface area contributed by atoms with Gasteiger partial charge in [-0.2, -0.15) is 10.1 Å². The Morgan fingerprint density at radius 2 is 1.62 bits per heavy atom. The second-order valence-electron chi connectivity index (χ2n) is 12.6. The number of fused-ring (bicyclic) bond motifs is 1. The lowest BCUT2D eigenvalue weighted by molar-refractivity contribution is 0.0500. The van der Waals surface area contributed by atoms with Gasteiger partial charge in [0.15, 0.2) is 5.65 Å². The normalized spacial score (nSPS) is 11.8. The highest BCUT2D eigenvalue weighted by molar-refractivity contribution is 7.90. The maximum Gasteiger partial charge on any atom is 0.407 e. The molecule has 0 aliphatic rings. The summed E-state index contributed by atoms with van der Waals surface area (Å²) < 4.78 is 41.1. The summed E-state index contributed by atoms with van der Waals surface area (Å²) in [6, 6.07) is 15.1. The maximum atomic E-state index is 13.7. The van der Waals surface area contributed by atoms with Crippen LogP contribution in [0.15, 0.2) is 78.1 Å². The summed E-state index contributed by atoms with van der Waals surface area (Å²) in [4.78, 5) is 33.9. The molecule has 14 nitrogen and oxygen atoms in total. The number of benzene rings is 2. The third kappa shape index (κ3) is 9.03. The third-order valence-electron chi connectivity index (χ3n) is 7.30. The highest BCUT2D eigenvalue weighted by Crippen LogP contribution is 2.31. The Morgan fingerprint density at radius 3 is 2.30 bits per heavy atom. The number of alkyl carbamates (subject to hydrolysis) is 1. The molecule has 0 aliphatic heterocycles. The molecule has 0 spiro atoms. The minimum absolute atomic E-state index is 0.140. The molecule has 5 aromatic rings. The van der Waals surface area contributed by atoms with Crippen LogP contribution in [0.1, 0.15) is 50.0 Å². The molecule has 3 heterocycles. The zero-order valence-electron chi connectivity index (χ0n) is 28.8. The summed E-state index contributed by atoms with van der Waals surface area (Å²) in [5, 5.41) is 13.6. The molecule has 0 unspecified atom stereocenters. The monoisotopic (exact) mass is 702 g/mol. The van der Waals surface area contributed by atoms with Crippen LogP contribution in [0.25, 0.3) is 22.3 Å². The SMILES string of the molecule is CCCn1cc(-c2nc(Nc3ccc(C(=O)NCCOCCNC(=O)OC(C)(C)C)cc3)nc3c2ccn3S(=O)(=O)c2ccc(C)cc2)cn1. The average molecular weight is 703 g/mol. The fraction of sp³-hybridized carbons (Fsp3) is 0.343. The van der Waals surface area contributed by atoms with Crippen LogP contribution in [0.5, 0.6) is 0 Å². The van der Waals surface area contributed by atoms with E-state index in [9.17, 15) is 18.0 Å². The number of rotatable bonds is 14. The number of carbonyl (C=O) groups excluding carboxylic acids is 2. The average Bonchev–Trinajstić information content (AvgIpc) is 3.72. The molecular weight excluding hydrogens is 661 g/mol. The summed E-state index contributed by atoms with van der Waals surface area (Å²) in [5.41, 5.74) is 2.84. The number of aryl methyl sites for hydroxylation is 2. The Bertz CT molecular complexity index is 2050. The van der Waals surface area contributed by atoms with Gasteiger partial charge in [-0.3, -0.25) is 9.48 Å². The molecule has 264 valence electrons. The molecule has 15 heteroatoms. The van der Waals surface area contributed by atoms with E-state index in [0.717, 1.165) is 28.1 Å². The van der Waals surface area contributed by atoms with Crippen molar-refractivity contribution in [3.8, 4) is 11.3 Å². The maximum absolute atomic E-state index is 13.7. The van der Waals surface area contributed by atoms with Crippen LogP contribution >= 0.6 is 0 Å². The Morgan fingerprint density at radius 1 is 0.920 bits per heavy atom. The molecule has 3 aromatic heterocycles. The number of hydrogen-bond acceptors (Lipinski definition) is 10. The fourth-order valence-corrected chi connectivity index (χ4v) is 6.23. The van der Waals surface area contributed by atoms with Crippen LogP contribution in [-0.2, 0) is 26.0 Å². The first-order valence-corrected chi connectivity index (χ1v) is 17.7. The number of ether oxygens (including phenoxy) is 2. The number of anilines is 2. The number of nitrogens with zero attached hydrogens (tertiary/aromatic N) is 5. The van der Waals surface area contributed by atoms with Gasteiger partial charge >= 0.3 is 6.09 Å². The summed E-state index contributed by atoms with van der Waals surface area (Å²) in [5.74, 6) is -0.111. The summed E-state index contributed by atoms with van der Waals surface area (Å²) in [7, 11) is -3.97. The van der Waals surface area contributed by atoms with Gasteiger partial charge in [0, 0.05) is 54.2 Å². The molecule has 50 heavy (non-hydrogen) atoms. The summed E-state index contributed by atoms with van der Waals surface area (Å²) >= 11 is 0. The van der Waals surface area contributed by atoms with E-state index in [4.69, 9.17) is 14.5 Å². The summed E-state index contributed by atoms with van der Waals surface area (Å²) in [6.45, 7) is 11.1. The second-order valence-corrected chi connectivity index (χ2v) is 14.4. The summed E-state index contributed by atoms with van der Waals surface area (Å²) in [6.07, 6.45) is 5.44. The van der Waals surface area contributed by atoms with Gasteiger partial charge in [-0.1, -0.05) is 24.6 Å². The first-order valence-electron chi connectivity index (χ1n) is 16.3. The van der Waals surface area contributed by atoms with E-state index in [-0.39, 0.29) is 48.7 Å². The molecule has 0 aliphatic carbocycles. The lowest BCUT2D eigenvalue weighted by atomic mass is 10.2. The van der Waals surface area contributed by atoms with Crippen molar-refractivity contribution in [1.82, 2.24) is 34.4 Å². The Kier molecular flexibility index (Phi) is 11.2. The molecule has 0 saturated carbocycles. The van der Waals surface area contributed by atoms with Crippen molar-refractivity contribution in [3.63, 3.8) is 0 Å². The first-order chi connectivity index (χ1) is 23.8. The van der Waals surface area contributed by atoms with E-state index in [1.165, 1.54) is 6.20 Å². The van der Waals surface area contributed by atoms with Crippen molar-refractivity contribution >= 4 is 44.7 Å². The van der Waals surface area contributed by atoms with Gasteiger partial charge in [0.1, 0.15) is 5.60 Å². The zero-order valence-corrected chi connectivity index (χ0v) is 29.6. The molecular formula is C35H42N8O6S. The van der Waals surface area contributed by atoms with Gasteiger partial charge < -0.3 is 25.4 Å². The van der Waals surface area contributed by atoms with E-state index < -0.39 is 21.7 Å². The van der Waals surface area contributed by atoms with E-state index >= 15 is 0 Å². The predicted octanol–water partition coefficient (Wildman–Crippen LogP) is 5.26. The van der Waals surface area contributed by atoms with Crippen molar-refractivity contribution < 1.29 is 27.5 Å². The van der Waals surface area contributed by atoms with E-state index in [1.807, 2.05) is 17.8 Å². The molecule has 0 radical (unpaired) electrons. The molecule has 0 bridgehead atoms. The Balaban J connectivity index is 1.28. The van der Waals surface area contributed by atoms with Gasteiger partial charge in [-0.05, 0) is 76.6 Å². The number of aromatic nitrogens is 5. The van der Waals surface area contributed by atoms with Crippen molar-refractivity contribution in [2.75, 3.05) is 31.6 Å². The van der Waals surface area contributed by atoms with Crippen LogP contribution in [0.4, 0.5) is 16.4 Å². The van der Waals surface area contributed by atoms with Gasteiger partial charge in [-0.15, -0.1) is 0 Å². The lowest BCUT2D eigenvalue weighted by Gasteiger charge is -2.19. The molecule has 0 saturated heterocycles. The van der Waals surface area contributed by atoms with Crippen LogP contribution in [0.2, 0.25) is 0 Å². The first kappa shape index (κ1) is 36.0. The molecule has 2 aromatic carbocycles. The largest absolute Gasteiger partial charge is 0.444 e. The predicted molar refractivity (Wildman–Crippen MR) is 190 cm³/mol. The van der Waals surface area contributed by atoms with Crippen LogP contribution < -0.4 is 16.0 Å². The topological polar surface area (TPSA) is 171 Å².